The Morgan fingerprint density at radius 1 is 1.21 bits per heavy atom. The van der Waals surface area contributed by atoms with E-state index in [4.69, 9.17) is 15.2 Å². The van der Waals surface area contributed by atoms with E-state index in [0.29, 0.717) is 12.5 Å². The summed E-state index contributed by atoms with van der Waals surface area (Å²) in [5.41, 5.74) is 6.23. The Hall–Kier alpha value is -1.26. The van der Waals surface area contributed by atoms with Crippen LogP contribution in [0.3, 0.4) is 0 Å². The number of ether oxygens (including phenoxy) is 2. The van der Waals surface area contributed by atoms with Gasteiger partial charge in [0.1, 0.15) is 18.1 Å². The topological polar surface area (TPSA) is 47.7 Å². The highest BCUT2D eigenvalue weighted by atomic mass is 16.5. The summed E-state index contributed by atoms with van der Waals surface area (Å²) in [4.78, 5) is 2.35. The van der Waals surface area contributed by atoms with Gasteiger partial charge in [0, 0.05) is 6.04 Å². The maximum atomic E-state index is 6.23. The molecule has 0 saturated carbocycles. The number of hydrogen-bond acceptors (Lipinski definition) is 4. The number of methoxy groups -OCH3 is 1. The van der Waals surface area contributed by atoms with Crippen LogP contribution in [0.5, 0.6) is 11.5 Å². The standard InChI is InChI=1S/C15H24N2O2/c1-17-9-7-12(8-10-17)15(16)11-19-14-5-3-13(18-2)4-6-14/h3-6,12,15H,7-11,16H2,1-2H3. The van der Waals surface area contributed by atoms with E-state index in [-0.39, 0.29) is 6.04 Å². The number of nitrogens with two attached hydrogens (primary N) is 1. The van der Waals surface area contributed by atoms with Crippen LogP contribution in [-0.4, -0.2) is 44.8 Å². The zero-order chi connectivity index (χ0) is 13.7. The van der Waals surface area contributed by atoms with Gasteiger partial charge in [0.15, 0.2) is 0 Å². The minimum Gasteiger partial charge on any atom is -0.497 e. The van der Waals surface area contributed by atoms with Crippen LogP contribution in [0.4, 0.5) is 0 Å². The Balaban J connectivity index is 1.77. The van der Waals surface area contributed by atoms with E-state index in [9.17, 15) is 0 Å². The van der Waals surface area contributed by atoms with Crippen LogP contribution >= 0.6 is 0 Å². The van der Waals surface area contributed by atoms with Crippen LogP contribution in [0.25, 0.3) is 0 Å². The lowest BCUT2D eigenvalue weighted by atomic mass is 9.90. The van der Waals surface area contributed by atoms with Gasteiger partial charge in [-0.3, -0.25) is 0 Å². The zero-order valence-corrected chi connectivity index (χ0v) is 11.8. The fraction of sp³-hybridized carbons (Fsp3) is 0.600. The summed E-state index contributed by atoms with van der Waals surface area (Å²) in [6.45, 7) is 2.86. The van der Waals surface area contributed by atoms with Crippen LogP contribution in [0.1, 0.15) is 12.8 Å². The number of hydrogen-bond donors (Lipinski definition) is 1. The summed E-state index contributed by atoms with van der Waals surface area (Å²) in [5.74, 6) is 2.27. The minimum atomic E-state index is 0.121. The first kappa shape index (κ1) is 14.2. The van der Waals surface area contributed by atoms with Crippen LogP contribution in [0.15, 0.2) is 24.3 Å². The second kappa shape index (κ2) is 6.78. The van der Waals surface area contributed by atoms with Gasteiger partial charge in [-0.05, 0) is 63.2 Å². The molecule has 0 amide bonds. The van der Waals surface area contributed by atoms with Crippen molar-refractivity contribution in [3.8, 4) is 11.5 Å². The lowest BCUT2D eigenvalue weighted by Gasteiger charge is -2.32. The Labute approximate surface area is 115 Å². The first-order valence-electron chi connectivity index (χ1n) is 6.90. The zero-order valence-electron chi connectivity index (χ0n) is 11.8. The molecule has 0 aliphatic carbocycles. The minimum absolute atomic E-state index is 0.121. The van der Waals surface area contributed by atoms with Gasteiger partial charge in [-0.15, -0.1) is 0 Å². The molecule has 4 nitrogen and oxygen atoms in total. The Bertz CT molecular complexity index is 372. The van der Waals surface area contributed by atoms with E-state index in [1.54, 1.807) is 7.11 Å². The SMILES string of the molecule is COc1ccc(OCC(N)C2CCN(C)CC2)cc1. The largest absolute Gasteiger partial charge is 0.497 e. The third-order valence-electron chi connectivity index (χ3n) is 3.87. The third-order valence-corrected chi connectivity index (χ3v) is 3.87. The Kier molecular flexibility index (Phi) is 5.05. The maximum Gasteiger partial charge on any atom is 0.119 e. The van der Waals surface area contributed by atoms with Crippen molar-refractivity contribution in [3.05, 3.63) is 24.3 Å². The van der Waals surface area contributed by atoms with Gasteiger partial charge in [-0.2, -0.15) is 0 Å². The molecule has 1 aliphatic heterocycles. The first-order valence-corrected chi connectivity index (χ1v) is 6.90. The highest BCUT2D eigenvalue weighted by Crippen LogP contribution is 2.21. The number of rotatable bonds is 5. The summed E-state index contributed by atoms with van der Waals surface area (Å²) in [5, 5.41) is 0. The molecular formula is C15H24N2O2. The summed E-state index contributed by atoms with van der Waals surface area (Å²) >= 11 is 0. The lowest BCUT2D eigenvalue weighted by Crippen LogP contribution is -2.42. The van der Waals surface area contributed by atoms with Crippen molar-refractivity contribution in [2.45, 2.75) is 18.9 Å². The molecular weight excluding hydrogens is 240 g/mol. The van der Waals surface area contributed by atoms with Gasteiger partial charge >= 0.3 is 0 Å². The predicted molar refractivity (Wildman–Crippen MR) is 76.7 cm³/mol. The van der Waals surface area contributed by atoms with Crippen LogP contribution in [0.2, 0.25) is 0 Å². The molecule has 1 aliphatic rings. The lowest BCUT2D eigenvalue weighted by molar-refractivity contribution is 0.166. The molecule has 1 unspecified atom stereocenters. The number of benzene rings is 1. The van der Waals surface area contributed by atoms with Gasteiger partial charge < -0.3 is 20.1 Å². The molecule has 19 heavy (non-hydrogen) atoms. The van der Waals surface area contributed by atoms with Crippen molar-refractivity contribution < 1.29 is 9.47 Å². The molecule has 106 valence electrons. The van der Waals surface area contributed by atoms with Crippen molar-refractivity contribution in [3.63, 3.8) is 0 Å². The molecule has 0 radical (unpaired) electrons. The van der Waals surface area contributed by atoms with Crippen LogP contribution in [0, 0.1) is 5.92 Å². The van der Waals surface area contributed by atoms with Crippen LogP contribution < -0.4 is 15.2 Å². The average Bonchev–Trinajstić information content (AvgIpc) is 2.46. The monoisotopic (exact) mass is 264 g/mol. The molecule has 1 heterocycles. The fourth-order valence-corrected chi connectivity index (χ4v) is 2.46. The molecule has 1 fully saturated rings. The molecule has 1 aromatic rings. The van der Waals surface area contributed by atoms with E-state index < -0.39 is 0 Å². The van der Waals surface area contributed by atoms with Crippen molar-refractivity contribution in [1.29, 1.82) is 0 Å². The molecule has 0 spiro atoms. The molecule has 1 aromatic carbocycles. The van der Waals surface area contributed by atoms with Gasteiger partial charge in [-0.1, -0.05) is 0 Å². The van der Waals surface area contributed by atoms with E-state index >= 15 is 0 Å². The number of piperidine rings is 1. The van der Waals surface area contributed by atoms with Crippen molar-refractivity contribution in [1.82, 2.24) is 4.90 Å². The van der Waals surface area contributed by atoms with Gasteiger partial charge in [0.05, 0.1) is 7.11 Å². The summed E-state index contributed by atoms with van der Waals surface area (Å²) in [6, 6.07) is 7.75. The van der Waals surface area contributed by atoms with Crippen molar-refractivity contribution in [2.24, 2.45) is 11.7 Å². The van der Waals surface area contributed by atoms with Gasteiger partial charge in [0.25, 0.3) is 0 Å². The van der Waals surface area contributed by atoms with E-state index in [1.165, 1.54) is 12.8 Å². The predicted octanol–water partition coefficient (Wildman–Crippen LogP) is 1.74. The summed E-state index contributed by atoms with van der Waals surface area (Å²) in [6.07, 6.45) is 2.34. The number of nitrogens with zero attached hydrogens (tertiary/aromatic N) is 1. The van der Waals surface area contributed by atoms with E-state index in [1.807, 2.05) is 24.3 Å². The van der Waals surface area contributed by atoms with Gasteiger partial charge in [-0.25, -0.2) is 0 Å². The maximum absolute atomic E-state index is 6.23. The normalized spacial score (nSPS) is 19.1. The molecule has 1 saturated heterocycles. The fourth-order valence-electron chi connectivity index (χ4n) is 2.46. The molecule has 2 N–H and O–H groups in total. The number of likely N-dealkylation sites (tertiary alicyclic amines) is 1. The van der Waals surface area contributed by atoms with E-state index in [2.05, 4.69) is 11.9 Å². The average molecular weight is 264 g/mol. The van der Waals surface area contributed by atoms with Crippen LogP contribution in [-0.2, 0) is 0 Å². The molecule has 1 atom stereocenters. The highest BCUT2D eigenvalue weighted by molar-refractivity contribution is 5.31. The Morgan fingerprint density at radius 2 is 1.79 bits per heavy atom. The third kappa shape index (κ3) is 4.11. The van der Waals surface area contributed by atoms with Gasteiger partial charge in [0.2, 0.25) is 0 Å². The Morgan fingerprint density at radius 3 is 2.37 bits per heavy atom. The quantitative estimate of drug-likeness (QED) is 0.880. The van der Waals surface area contributed by atoms with Crippen molar-refractivity contribution >= 4 is 0 Å². The summed E-state index contributed by atoms with van der Waals surface area (Å²) in [7, 11) is 3.82. The smallest absolute Gasteiger partial charge is 0.119 e. The highest BCUT2D eigenvalue weighted by Gasteiger charge is 2.22. The van der Waals surface area contributed by atoms with E-state index in [0.717, 1.165) is 24.6 Å². The van der Waals surface area contributed by atoms with Crippen molar-refractivity contribution in [2.75, 3.05) is 33.9 Å². The molecule has 4 heteroatoms. The molecule has 2 rings (SSSR count). The second-order valence-electron chi connectivity index (χ2n) is 5.29. The molecule has 0 bridgehead atoms. The molecule has 0 aromatic heterocycles. The summed E-state index contributed by atoms with van der Waals surface area (Å²) < 4.78 is 10.9. The first-order chi connectivity index (χ1) is 9.19. The second-order valence-corrected chi connectivity index (χ2v) is 5.29.